The van der Waals surface area contributed by atoms with Gasteiger partial charge in [-0.25, -0.2) is 0 Å². The number of hydrogen-bond donors (Lipinski definition) is 2. The summed E-state index contributed by atoms with van der Waals surface area (Å²) < 4.78 is 2.54. The Morgan fingerprint density at radius 1 is 1.56 bits per heavy atom. The van der Waals surface area contributed by atoms with Gasteiger partial charge in [0.05, 0.1) is 16.9 Å². The highest BCUT2D eigenvalue weighted by atomic mass is 79.9. The molecule has 0 radical (unpaired) electrons. The predicted molar refractivity (Wildman–Crippen MR) is 70.2 cm³/mol. The molecule has 0 saturated heterocycles. The predicted octanol–water partition coefficient (Wildman–Crippen LogP) is 1.50. The van der Waals surface area contributed by atoms with E-state index in [1.54, 1.807) is 6.20 Å². The molecular weight excluding hydrogens is 298 g/mol. The third-order valence-corrected chi connectivity index (χ3v) is 3.03. The van der Waals surface area contributed by atoms with Gasteiger partial charge in [0.2, 0.25) is 0 Å². The number of aromatic amines is 1. The summed E-state index contributed by atoms with van der Waals surface area (Å²) in [5.41, 5.74) is 1.59. The van der Waals surface area contributed by atoms with Gasteiger partial charge in [0.15, 0.2) is 0 Å². The van der Waals surface area contributed by atoms with Crippen LogP contribution in [-0.4, -0.2) is 32.4 Å². The van der Waals surface area contributed by atoms with Crippen molar-refractivity contribution < 1.29 is 4.79 Å². The Labute approximate surface area is 113 Å². The quantitative estimate of drug-likeness (QED) is 0.822. The number of carbonyl (C=O) groups is 1. The third kappa shape index (κ3) is 3.19. The molecule has 0 atom stereocenters. The van der Waals surface area contributed by atoms with Crippen LogP contribution in [-0.2, 0) is 6.54 Å². The lowest BCUT2D eigenvalue weighted by Crippen LogP contribution is -2.26. The van der Waals surface area contributed by atoms with Crippen molar-refractivity contribution in [3.63, 3.8) is 0 Å². The summed E-state index contributed by atoms with van der Waals surface area (Å²) in [6.07, 6.45) is 6.19. The Kier molecular flexibility index (Phi) is 4.14. The molecular formula is C11H14BrN5O. The maximum atomic E-state index is 11.7. The molecule has 2 aromatic rings. The van der Waals surface area contributed by atoms with Crippen LogP contribution in [0.5, 0.6) is 0 Å². The average molecular weight is 312 g/mol. The van der Waals surface area contributed by atoms with E-state index < -0.39 is 0 Å². The molecule has 0 aromatic carbocycles. The highest BCUT2D eigenvalue weighted by Gasteiger charge is 2.10. The van der Waals surface area contributed by atoms with Crippen molar-refractivity contribution in [2.24, 2.45) is 0 Å². The van der Waals surface area contributed by atoms with E-state index in [1.165, 1.54) is 0 Å². The number of H-pyrrole nitrogens is 1. The first-order valence-electron chi connectivity index (χ1n) is 5.63. The van der Waals surface area contributed by atoms with Gasteiger partial charge in [0, 0.05) is 19.3 Å². The molecule has 0 fully saturated rings. The topological polar surface area (TPSA) is 75.6 Å². The first kappa shape index (κ1) is 12.8. The maximum absolute atomic E-state index is 11.7. The summed E-state index contributed by atoms with van der Waals surface area (Å²) in [7, 11) is 0. The summed E-state index contributed by atoms with van der Waals surface area (Å²) in [4.78, 5) is 11.7. The van der Waals surface area contributed by atoms with Crippen molar-refractivity contribution in [2.75, 3.05) is 6.54 Å². The van der Waals surface area contributed by atoms with Gasteiger partial charge in [-0.2, -0.15) is 10.2 Å². The number of nitrogens with one attached hydrogen (secondary N) is 2. The molecule has 2 N–H and O–H groups in total. The minimum absolute atomic E-state index is 0.156. The minimum atomic E-state index is -0.156. The molecule has 2 rings (SSSR count). The minimum Gasteiger partial charge on any atom is -0.351 e. The number of aryl methyl sites for hydroxylation is 2. The van der Waals surface area contributed by atoms with E-state index in [0.717, 1.165) is 18.5 Å². The lowest BCUT2D eigenvalue weighted by atomic mass is 10.3. The number of carbonyl (C=O) groups excluding carboxylic acids is 1. The summed E-state index contributed by atoms with van der Waals surface area (Å²) in [6.45, 7) is 3.39. The summed E-state index contributed by atoms with van der Waals surface area (Å²) in [5, 5.41) is 13.4. The number of rotatable bonds is 5. The van der Waals surface area contributed by atoms with Crippen LogP contribution in [0, 0.1) is 6.92 Å². The molecule has 2 heterocycles. The van der Waals surface area contributed by atoms with Crippen molar-refractivity contribution in [1.82, 2.24) is 25.3 Å². The van der Waals surface area contributed by atoms with Crippen LogP contribution in [0.3, 0.4) is 0 Å². The molecule has 2 aromatic heterocycles. The maximum Gasteiger partial charge on any atom is 0.270 e. The van der Waals surface area contributed by atoms with E-state index in [-0.39, 0.29) is 5.91 Å². The lowest BCUT2D eigenvalue weighted by molar-refractivity contribution is 0.0947. The Balaban J connectivity index is 1.73. The average Bonchev–Trinajstić information content (AvgIpc) is 2.93. The van der Waals surface area contributed by atoms with Crippen LogP contribution in [0.2, 0.25) is 0 Å². The van der Waals surface area contributed by atoms with Gasteiger partial charge in [0.25, 0.3) is 5.91 Å². The number of nitrogens with zero attached hydrogens (tertiary/aromatic N) is 3. The van der Waals surface area contributed by atoms with Crippen molar-refractivity contribution in [1.29, 1.82) is 0 Å². The molecule has 0 bridgehead atoms. The zero-order valence-electron chi connectivity index (χ0n) is 9.98. The van der Waals surface area contributed by atoms with Gasteiger partial charge in [-0.1, -0.05) is 0 Å². The van der Waals surface area contributed by atoms with Crippen molar-refractivity contribution >= 4 is 21.8 Å². The largest absolute Gasteiger partial charge is 0.351 e. The molecule has 0 aliphatic rings. The van der Waals surface area contributed by atoms with E-state index in [0.29, 0.717) is 16.7 Å². The molecule has 0 spiro atoms. The molecule has 7 heteroatoms. The van der Waals surface area contributed by atoms with E-state index in [2.05, 4.69) is 36.5 Å². The van der Waals surface area contributed by atoms with Gasteiger partial charge >= 0.3 is 0 Å². The monoisotopic (exact) mass is 311 g/mol. The van der Waals surface area contributed by atoms with Crippen molar-refractivity contribution in [3.05, 3.63) is 34.3 Å². The molecule has 0 unspecified atom stereocenters. The fourth-order valence-corrected chi connectivity index (χ4v) is 1.92. The summed E-state index contributed by atoms with van der Waals surface area (Å²) >= 11 is 3.25. The van der Waals surface area contributed by atoms with Crippen LogP contribution in [0.4, 0.5) is 0 Å². The van der Waals surface area contributed by atoms with Gasteiger partial charge in [-0.05, 0) is 34.8 Å². The molecule has 18 heavy (non-hydrogen) atoms. The first-order valence-corrected chi connectivity index (χ1v) is 6.42. The zero-order valence-corrected chi connectivity index (χ0v) is 11.6. The number of hydrogen-bond acceptors (Lipinski definition) is 3. The van der Waals surface area contributed by atoms with E-state index in [1.807, 2.05) is 24.0 Å². The third-order valence-electron chi connectivity index (χ3n) is 2.43. The summed E-state index contributed by atoms with van der Waals surface area (Å²) in [5.74, 6) is -0.156. The highest BCUT2D eigenvalue weighted by Crippen LogP contribution is 2.11. The van der Waals surface area contributed by atoms with Crippen LogP contribution in [0.15, 0.2) is 23.1 Å². The van der Waals surface area contributed by atoms with Crippen LogP contribution in [0.1, 0.15) is 22.5 Å². The van der Waals surface area contributed by atoms with Gasteiger partial charge < -0.3 is 5.32 Å². The van der Waals surface area contributed by atoms with Crippen LogP contribution in [0.25, 0.3) is 0 Å². The Morgan fingerprint density at radius 3 is 3.00 bits per heavy atom. The number of halogens is 1. The molecule has 6 nitrogen and oxygen atoms in total. The van der Waals surface area contributed by atoms with Gasteiger partial charge in [0.1, 0.15) is 5.69 Å². The second-order valence-corrected chi connectivity index (χ2v) is 4.84. The number of amides is 1. The standard InChI is InChI=1S/C11H14BrN5O/c1-8-5-15-17(7-8)4-2-3-13-11(18)10-9(12)6-14-16-10/h5-7H,2-4H2,1H3,(H,13,18)(H,14,16). The van der Waals surface area contributed by atoms with Gasteiger partial charge in [-0.15, -0.1) is 0 Å². The van der Waals surface area contributed by atoms with E-state index in [9.17, 15) is 4.79 Å². The normalized spacial score (nSPS) is 10.6. The fraction of sp³-hybridized carbons (Fsp3) is 0.364. The van der Waals surface area contributed by atoms with Crippen LogP contribution >= 0.6 is 15.9 Å². The molecule has 96 valence electrons. The number of aromatic nitrogens is 4. The summed E-state index contributed by atoms with van der Waals surface area (Å²) in [6, 6.07) is 0. The van der Waals surface area contributed by atoms with E-state index >= 15 is 0 Å². The Hall–Kier alpha value is -1.63. The zero-order chi connectivity index (χ0) is 13.0. The molecule has 1 amide bonds. The van der Waals surface area contributed by atoms with Gasteiger partial charge in [-0.3, -0.25) is 14.6 Å². The van der Waals surface area contributed by atoms with Crippen molar-refractivity contribution in [2.45, 2.75) is 19.9 Å². The van der Waals surface area contributed by atoms with E-state index in [4.69, 9.17) is 0 Å². The molecule has 0 aliphatic carbocycles. The molecule has 0 saturated carbocycles. The van der Waals surface area contributed by atoms with Crippen molar-refractivity contribution in [3.8, 4) is 0 Å². The second kappa shape index (κ2) is 5.81. The lowest BCUT2D eigenvalue weighted by Gasteiger charge is -2.04. The molecule has 0 aliphatic heterocycles. The highest BCUT2D eigenvalue weighted by molar-refractivity contribution is 9.10. The smallest absolute Gasteiger partial charge is 0.270 e. The Morgan fingerprint density at radius 2 is 2.39 bits per heavy atom. The Bertz CT molecular complexity index is 533. The second-order valence-electron chi connectivity index (χ2n) is 3.98. The fourth-order valence-electron chi connectivity index (χ4n) is 1.55. The SMILES string of the molecule is Cc1cnn(CCCNC(=O)c2[nH]ncc2Br)c1. The first-order chi connectivity index (χ1) is 8.66. The van der Waals surface area contributed by atoms with Crippen LogP contribution < -0.4 is 5.32 Å².